The molecular weight excluding hydrogens is 222 g/mol. The first kappa shape index (κ1) is 11.6. The second-order valence-corrected chi connectivity index (χ2v) is 4.08. The Hall–Kier alpha value is -1.92. The summed E-state index contributed by atoms with van der Waals surface area (Å²) in [7, 11) is 0. The average molecular weight is 237 g/mol. The van der Waals surface area contributed by atoms with E-state index in [-0.39, 0.29) is 24.4 Å². The lowest BCUT2D eigenvalue weighted by Gasteiger charge is -2.17. The number of likely N-dealkylation sites (tertiary alicyclic amines) is 1. The van der Waals surface area contributed by atoms with E-state index < -0.39 is 0 Å². The van der Waals surface area contributed by atoms with Gasteiger partial charge in [-0.3, -0.25) is 14.7 Å². The zero-order chi connectivity index (χ0) is 12.3. The van der Waals surface area contributed by atoms with Gasteiger partial charge < -0.3 is 10.2 Å². The van der Waals surface area contributed by atoms with Crippen LogP contribution in [0.1, 0.15) is 31.6 Å². The Balaban J connectivity index is 1.83. The maximum atomic E-state index is 11.7. The van der Waals surface area contributed by atoms with Crippen LogP contribution in [0, 0.1) is 0 Å². The van der Waals surface area contributed by atoms with E-state index in [0.29, 0.717) is 18.8 Å². The Morgan fingerprint density at radius 1 is 1.71 bits per heavy atom. The predicted molar refractivity (Wildman–Crippen MR) is 58.8 cm³/mol. The van der Waals surface area contributed by atoms with Crippen LogP contribution >= 0.6 is 0 Å². The molecule has 0 saturated carbocycles. The number of amides is 2. The van der Waals surface area contributed by atoms with E-state index >= 15 is 0 Å². The molecule has 1 aliphatic heterocycles. The minimum atomic E-state index is -0.234. The van der Waals surface area contributed by atoms with Crippen molar-refractivity contribution in [3.8, 4) is 0 Å². The number of nitrogens with one attached hydrogen (secondary N) is 2. The van der Waals surface area contributed by atoms with Gasteiger partial charge in [0.25, 0.3) is 0 Å². The molecule has 92 valence electrons. The minimum Gasteiger partial charge on any atom is -0.345 e. The number of hydrogen-bond donors (Lipinski definition) is 2. The zero-order valence-electron chi connectivity index (χ0n) is 9.64. The van der Waals surface area contributed by atoms with Crippen LogP contribution in [-0.4, -0.2) is 45.0 Å². The number of hydrogen-bond acceptors (Lipinski definition) is 4. The second-order valence-electron chi connectivity index (χ2n) is 4.08. The summed E-state index contributed by atoms with van der Waals surface area (Å²) in [5, 5.41) is 9.17. The van der Waals surface area contributed by atoms with E-state index in [2.05, 4.69) is 20.5 Å². The van der Waals surface area contributed by atoms with E-state index in [1.165, 1.54) is 6.33 Å². The maximum Gasteiger partial charge on any atom is 0.240 e. The number of aromatic amines is 1. The van der Waals surface area contributed by atoms with Crippen LogP contribution in [0.25, 0.3) is 0 Å². The van der Waals surface area contributed by atoms with Gasteiger partial charge in [0.05, 0.1) is 12.6 Å². The van der Waals surface area contributed by atoms with Crippen LogP contribution in [0.3, 0.4) is 0 Å². The van der Waals surface area contributed by atoms with Crippen molar-refractivity contribution >= 4 is 11.8 Å². The SMILES string of the molecule is CC(NC(=O)CN1CCCC1=O)c1ncn[nH]1. The van der Waals surface area contributed by atoms with Gasteiger partial charge in [0.2, 0.25) is 11.8 Å². The third-order valence-electron chi connectivity index (χ3n) is 2.73. The Bertz CT molecular complexity index is 403. The summed E-state index contributed by atoms with van der Waals surface area (Å²) in [6, 6.07) is -0.234. The highest BCUT2D eigenvalue weighted by Crippen LogP contribution is 2.09. The van der Waals surface area contributed by atoms with Crippen molar-refractivity contribution in [1.29, 1.82) is 0 Å². The molecule has 0 radical (unpaired) electrons. The Morgan fingerprint density at radius 2 is 2.53 bits per heavy atom. The third kappa shape index (κ3) is 2.80. The second kappa shape index (κ2) is 4.94. The van der Waals surface area contributed by atoms with Crippen molar-refractivity contribution in [3.05, 3.63) is 12.2 Å². The van der Waals surface area contributed by atoms with Crippen molar-refractivity contribution in [2.75, 3.05) is 13.1 Å². The molecule has 1 aromatic heterocycles. The van der Waals surface area contributed by atoms with Gasteiger partial charge in [-0.1, -0.05) is 0 Å². The van der Waals surface area contributed by atoms with Crippen LogP contribution in [0.2, 0.25) is 0 Å². The van der Waals surface area contributed by atoms with Crippen LogP contribution in [-0.2, 0) is 9.59 Å². The molecule has 1 fully saturated rings. The van der Waals surface area contributed by atoms with Gasteiger partial charge in [-0.2, -0.15) is 5.10 Å². The number of aromatic nitrogens is 3. The smallest absolute Gasteiger partial charge is 0.240 e. The molecule has 7 heteroatoms. The number of rotatable bonds is 4. The summed E-state index contributed by atoms with van der Waals surface area (Å²) in [5.41, 5.74) is 0. The third-order valence-corrected chi connectivity index (χ3v) is 2.73. The van der Waals surface area contributed by atoms with Gasteiger partial charge in [0.15, 0.2) is 0 Å². The van der Waals surface area contributed by atoms with Crippen LogP contribution in [0.15, 0.2) is 6.33 Å². The van der Waals surface area contributed by atoms with Gasteiger partial charge in [-0.15, -0.1) is 0 Å². The molecule has 0 bridgehead atoms. The monoisotopic (exact) mass is 237 g/mol. The van der Waals surface area contributed by atoms with E-state index in [9.17, 15) is 9.59 Å². The number of nitrogens with zero attached hydrogens (tertiary/aromatic N) is 3. The largest absolute Gasteiger partial charge is 0.345 e. The molecule has 0 spiro atoms. The van der Waals surface area contributed by atoms with E-state index in [1.54, 1.807) is 4.90 Å². The molecular formula is C10H15N5O2. The van der Waals surface area contributed by atoms with E-state index in [4.69, 9.17) is 0 Å². The highest BCUT2D eigenvalue weighted by molar-refractivity contribution is 5.85. The molecule has 2 amide bonds. The summed E-state index contributed by atoms with van der Waals surface area (Å²) < 4.78 is 0. The van der Waals surface area contributed by atoms with Gasteiger partial charge in [-0.05, 0) is 13.3 Å². The van der Waals surface area contributed by atoms with Crippen LogP contribution < -0.4 is 5.32 Å². The van der Waals surface area contributed by atoms with Gasteiger partial charge in [0.1, 0.15) is 12.2 Å². The molecule has 2 N–H and O–H groups in total. The summed E-state index contributed by atoms with van der Waals surface area (Å²) in [5.74, 6) is 0.475. The Labute approximate surface area is 98.6 Å². The fourth-order valence-corrected chi connectivity index (χ4v) is 1.82. The first-order chi connectivity index (χ1) is 8.16. The predicted octanol–water partition coefficient (Wildman–Crippen LogP) is -0.396. The molecule has 2 heterocycles. The fourth-order valence-electron chi connectivity index (χ4n) is 1.82. The molecule has 0 aliphatic carbocycles. The van der Waals surface area contributed by atoms with Gasteiger partial charge in [-0.25, -0.2) is 4.98 Å². The van der Waals surface area contributed by atoms with Crippen LogP contribution in [0.4, 0.5) is 0 Å². The number of H-pyrrole nitrogens is 1. The molecule has 1 aromatic rings. The molecule has 2 rings (SSSR count). The standard InChI is InChI=1S/C10H15N5O2/c1-7(10-11-6-12-14-10)13-8(16)5-15-4-2-3-9(15)17/h6-7H,2-5H2,1H3,(H,13,16)(H,11,12,14). The Kier molecular flexibility index (Phi) is 3.36. The molecule has 1 atom stereocenters. The van der Waals surface area contributed by atoms with Crippen molar-refractivity contribution in [3.63, 3.8) is 0 Å². The summed E-state index contributed by atoms with van der Waals surface area (Å²) in [6.45, 7) is 2.60. The van der Waals surface area contributed by atoms with Gasteiger partial charge >= 0.3 is 0 Å². The lowest BCUT2D eigenvalue weighted by Crippen LogP contribution is -2.39. The first-order valence-corrected chi connectivity index (χ1v) is 5.59. The highest BCUT2D eigenvalue weighted by atomic mass is 16.2. The Morgan fingerprint density at radius 3 is 3.12 bits per heavy atom. The maximum absolute atomic E-state index is 11.7. The van der Waals surface area contributed by atoms with Crippen LogP contribution in [0.5, 0.6) is 0 Å². The molecule has 1 unspecified atom stereocenters. The van der Waals surface area contributed by atoms with Crippen molar-refractivity contribution in [2.45, 2.75) is 25.8 Å². The first-order valence-electron chi connectivity index (χ1n) is 5.59. The zero-order valence-corrected chi connectivity index (χ0v) is 9.64. The molecule has 0 aromatic carbocycles. The number of carbonyl (C=O) groups is 2. The summed E-state index contributed by atoms with van der Waals surface area (Å²) in [4.78, 5) is 28.6. The molecule has 17 heavy (non-hydrogen) atoms. The molecule has 1 saturated heterocycles. The lowest BCUT2D eigenvalue weighted by atomic mass is 10.3. The topological polar surface area (TPSA) is 91.0 Å². The van der Waals surface area contributed by atoms with Gasteiger partial charge in [0, 0.05) is 13.0 Å². The lowest BCUT2D eigenvalue weighted by molar-refractivity contribution is -0.133. The molecule has 7 nitrogen and oxygen atoms in total. The average Bonchev–Trinajstić information content (AvgIpc) is 2.90. The summed E-state index contributed by atoms with van der Waals surface area (Å²) >= 11 is 0. The van der Waals surface area contributed by atoms with Crippen molar-refractivity contribution < 1.29 is 9.59 Å². The highest BCUT2D eigenvalue weighted by Gasteiger charge is 2.23. The fraction of sp³-hybridized carbons (Fsp3) is 0.600. The quantitative estimate of drug-likeness (QED) is 0.745. The van der Waals surface area contributed by atoms with E-state index in [0.717, 1.165) is 6.42 Å². The normalized spacial score (nSPS) is 17.2. The summed E-state index contributed by atoms with van der Waals surface area (Å²) in [6.07, 6.45) is 2.77. The number of carbonyl (C=O) groups excluding carboxylic acids is 2. The van der Waals surface area contributed by atoms with E-state index in [1.807, 2.05) is 6.92 Å². The van der Waals surface area contributed by atoms with Crippen molar-refractivity contribution in [1.82, 2.24) is 25.4 Å². The van der Waals surface area contributed by atoms with Crippen molar-refractivity contribution in [2.24, 2.45) is 0 Å². The minimum absolute atomic E-state index is 0.0486. The molecule has 1 aliphatic rings.